The Kier molecular flexibility index (Phi) is 4.63. The van der Waals surface area contributed by atoms with Crippen LogP contribution in [0.3, 0.4) is 0 Å². The zero-order valence-corrected chi connectivity index (χ0v) is 11.7. The van der Waals surface area contributed by atoms with Crippen LogP contribution in [0.4, 0.5) is 10.5 Å². The highest BCUT2D eigenvalue weighted by atomic mass is 35.5. The number of anilines is 1. The van der Waals surface area contributed by atoms with E-state index >= 15 is 0 Å². The molecule has 1 aromatic carbocycles. The molecule has 1 saturated heterocycles. The van der Waals surface area contributed by atoms with Crippen LogP contribution in [0.25, 0.3) is 0 Å². The first-order valence-corrected chi connectivity index (χ1v) is 6.69. The van der Waals surface area contributed by atoms with Gasteiger partial charge in [0.1, 0.15) is 0 Å². The van der Waals surface area contributed by atoms with Gasteiger partial charge in [0.2, 0.25) is 5.91 Å². The van der Waals surface area contributed by atoms with Crippen molar-refractivity contribution < 1.29 is 9.59 Å². The van der Waals surface area contributed by atoms with Crippen LogP contribution >= 0.6 is 11.6 Å². The number of urea groups is 1. The predicted molar refractivity (Wildman–Crippen MR) is 78.9 cm³/mol. The van der Waals surface area contributed by atoms with Gasteiger partial charge in [0.25, 0.3) is 0 Å². The molecule has 1 unspecified atom stereocenters. The van der Waals surface area contributed by atoms with Gasteiger partial charge in [0.15, 0.2) is 0 Å². The zero-order valence-electron chi connectivity index (χ0n) is 10.9. The Morgan fingerprint density at radius 1 is 1.45 bits per heavy atom. The van der Waals surface area contributed by atoms with Gasteiger partial charge in [-0.15, -0.1) is 6.58 Å². The zero-order chi connectivity index (χ0) is 14.5. The molecule has 0 bridgehead atoms. The van der Waals surface area contributed by atoms with Crippen molar-refractivity contribution in [3.8, 4) is 0 Å². The van der Waals surface area contributed by atoms with Gasteiger partial charge in [0.05, 0.1) is 6.04 Å². The number of hydrogen-bond donors (Lipinski definition) is 2. The summed E-state index contributed by atoms with van der Waals surface area (Å²) in [5.41, 5.74) is 0.787. The van der Waals surface area contributed by atoms with Gasteiger partial charge in [-0.3, -0.25) is 4.79 Å². The highest BCUT2D eigenvalue weighted by Gasteiger charge is 2.31. The molecule has 3 amide bonds. The van der Waals surface area contributed by atoms with Crippen molar-refractivity contribution in [1.82, 2.24) is 10.6 Å². The van der Waals surface area contributed by atoms with Gasteiger partial charge >= 0.3 is 6.03 Å². The third-order valence-corrected chi connectivity index (χ3v) is 3.26. The van der Waals surface area contributed by atoms with E-state index in [0.717, 1.165) is 5.69 Å². The van der Waals surface area contributed by atoms with Crippen molar-refractivity contribution >= 4 is 29.2 Å². The van der Waals surface area contributed by atoms with Crippen LogP contribution in [0.15, 0.2) is 36.9 Å². The summed E-state index contributed by atoms with van der Waals surface area (Å²) < 4.78 is 0. The summed E-state index contributed by atoms with van der Waals surface area (Å²) in [5, 5.41) is 6.01. The lowest BCUT2D eigenvalue weighted by molar-refractivity contribution is -0.117. The fourth-order valence-electron chi connectivity index (χ4n) is 2.08. The maximum absolute atomic E-state index is 12.0. The number of carbonyl (C=O) groups is 2. The SMILES string of the molecule is C=CCNC(=O)NC1CC(=O)N(c2ccc(Cl)cc2)C1. The maximum atomic E-state index is 12.0. The highest BCUT2D eigenvalue weighted by Crippen LogP contribution is 2.23. The van der Waals surface area contributed by atoms with E-state index in [0.29, 0.717) is 24.5 Å². The molecule has 1 aliphatic rings. The second-order valence-corrected chi connectivity index (χ2v) is 4.96. The minimum Gasteiger partial charge on any atom is -0.335 e. The minimum absolute atomic E-state index is 0.0126. The molecule has 106 valence electrons. The predicted octanol–water partition coefficient (Wildman–Crippen LogP) is 1.93. The van der Waals surface area contributed by atoms with Crippen LogP contribution in [-0.2, 0) is 4.79 Å². The molecular weight excluding hydrogens is 278 g/mol. The number of hydrogen-bond acceptors (Lipinski definition) is 2. The first kappa shape index (κ1) is 14.4. The van der Waals surface area contributed by atoms with Crippen molar-refractivity contribution in [3.05, 3.63) is 41.9 Å². The fraction of sp³-hybridized carbons (Fsp3) is 0.286. The molecule has 5 nitrogen and oxygen atoms in total. The second kappa shape index (κ2) is 6.43. The number of nitrogens with one attached hydrogen (secondary N) is 2. The molecule has 1 aromatic rings. The van der Waals surface area contributed by atoms with Crippen molar-refractivity contribution in [2.45, 2.75) is 12.5 Å². The first-order chi connectivity index (χ1) is 9.60. The van der Waals surface area contributed by atoms with Crippen LogP contribution in [0.5, 0.6) is 0 Å². The molecule has 1 aliphatic heterocycles. The topological polar surface area (TPSA) is 61.4 Å². The number of carbonyl (C=O) groups excluding carboxylic acids is 2. The van der Waals surface area contributed by atoms with Crippen molar-refractivity contribution in [3.63, 3.8) is 0 Å². The largest absolute Gasteiger partial charge is 0.335 e. The van der Waals surface area contributed by atoms with E-state index in [2.05, 4.69) is 17.2 Å². The van der Waals surface area contributed by atoms with E-state index in [1.807, 2.05) is 0 Å². The summed E-state index contributed by atoms with van der Waals surface area (Å²) >= 11 is 5.82. The van der Waals surface area contributed by atoms with Gasteiger partial charge in [-0.25, -0.2) is 4.79 Å². The van der Waals surface area contributed by atoms with E-state index in [1.165, 1.54) is 0 Å². The van der Waals surface area contributed by atoms with E-state index in [9.17, 15) is 9.59 Å². The molecule has 0 aliphatic carbocycles. The number of rotatable bonds is 4. The Labute approximate surface area is 122 Å². The Morgan fingerprint density at radius 3 is 2.80 bits per heavy atom. The second-order valence-electron chi connectivity index (χ2n) is 4.52. The van der Waals surface area contributed by atoms with Crippen molar-refractivity contribution in [2.24, 2.45) is 0 Å². The molecule has 1 heterocycles. The van der Waals surface area contributed by atoms with E-state index in [1.54, 1.807) is 35.2 Å². The minimum atomic E-state index is -0.291. The van der Waals surface area contributed by atoms with Crippen LogP contribution in [-0.4, -0.2) is 31.1 Å². The van der Waals surface area contributed by atoms with Crippen LogP contribution in [0.2, 0.25) is 5.02 Å². The summed E-state index contributed by atoms with van der Waals surface area (Å²) in [4.78, 5) is 25.2. The highest BCUT2D eigenvalue weighted by molar-refractivity contribution is 6.30. The van der Waals surface area contributed by atoms with Gasteiger partial charge in [-0.1, -0.05) is 17.7 Å². The summed E-state index contributed by atoms with van der Waals surface area (Å²) in [6.07, 6.45) is 1.89. The van der Waals surface area contributed by atoms with Crippen LogP contribution < -0.4 is 15.5 Å². The number of amides is 3. The molecule has 1 fully saturated rings. The molecule has 2 rings (SSSR count). The summed E-state index contributed by atoms with van der Waals surface area (Å²) in [5.74, 6) is -0.0126. The van der Waals surface area contributed by atoms with Crippen LogP contribution in [0.1, 0.15) is 6.42 Å². The van der Waals surface area contributed by atoms with Gasteiger partial charge in [-0.05, 0) is 24.3 Å². The Bertz CT molecular complexity index is 516. The normalized spacial score (nSPS) is 17.9. The van der Waals surface area contributed by atoms with E-state index in [-0.39, 0.29) is 18.0 Å². The smallest absolute Gasteiger partial charge is 0.315 e. The van der Waals surface area contributed by atoms with Gasteiger partial charge in [-0.2, -0.15) is 0 Å². The molecule has 0 radical (unpaired) electrons. The quantitative estimate of drug-likeness (QED) is 0.833. The van der Waals surface area contributed by atoms with Gasteiger partial charge < -0.3 is 15.5 Å². The summed E-state index contributed by atoms with van der Waals surface area (Å²) in [6.45, 7) is 4.38. The summed E-state index contributed by atoms with van der Waals surface area (Å²) in [7, 11) is 0. The number of benzene rings is 1. The third-order valence-electron chi connectivity index (χ3n) is 3.01. The fourth-order valence-corrected chi connectivity index (χ4v) is 2.20. The third kappa shape index (κ3) is 3.51. The Hall–Kier alpha value is -2.01. The monoisotopic (exact) mass is 293 g/mol. The molecule has 0 saturated carbocycles. The average Bonchev–Trinajstić information content (AvgIpc) is 2.78. The molecule has 2 N–H and O–H groups in total. The van der Waals surface area contributed by atoms with Crippen molar-refractivity contribution in [2.75, 3.05) is 18.0 Å². The lowest BCUT2D eigenvalue weighted by Crippen LogP contribution is -2.43. The molecule has 0 aromatic heterocycles. The molecule has 1 atom stereocenters. The number of nitrogens with zero attached hydrogens (tertiary/aromatic N) is 1. The molecule has 6 heteroatoms. The standard InChI is InChI=1S/C14H16ClN3O2/c1-2-7-16-14(20)17-11-8-13(19)18(9-11)12-5-3-10(15)4-6-12/h2-6,11H,1,7-9H2,(H2,16,17,20). The Balaban J connectivity index is 1.95. The Morgan fingerprint density at radius 2 is 2.15 bits per heavy atom. The summed E-state index contributed by atoms with van der Waals surface area (Å²) in [6, 6.07) is 6.58. The van der Waals surface area contributed by atoms with Gasteiger partial charge in [0, 0.05) is 30.2 Å². The first-order valence-electron chi connectivity index (χ1n) is 6.31. The lowest BCUT2D eigenvalue weighted by atomic mass is 10.2. The maximum Gasteiger partial charge on any atom is 0.315 e. The lowest BCUT2D eigenvalue weighted by Gasteiger charge is -2.17. The molecule has 20 heavy (non-hydrogen) atoms. The molecular formula is C14H16ClN3O2. The van der Waals surface area contributed by atoms with E-state index < -0.39 is 0 Å². The van der Waals surface area contributed by atoms with Crippen LogP contribution in [0, 0.1) is 0 Å². The van der Waals surface area contributed by atoms with E-state index in [4.69, 9.17) is 11.6 Å². The average molecular weight is 294 g/mol. The number of halogens is 1. The van der Waals surface area contributed by atoms with Crippen molar-refractivity contribution in [1.29, 1.82) is 0 Å². The molecule has 0 spiro atoms.